The van der Waals surface area contributed by atoms with Gasteiger partial charge in [-0.3, -0.25) is 9.78 Å². The molecule has 0 aliphatic heterocycles. The molecule has 1 rings (SSSR count). The molecule has 0 aliphatic carbocycles. The number of carbonyl (C=O) groups excluding carboxylic acids is 1. The number of hydrogen-bond donors (Lipinski definition) is 2. The van der Waals surface area contributed by atoms with Crippen LogP contribution in [0, 0.1) is 0 Å². The van der Waals surface area contributed by atoms with Gasteiger partial charge in [0.2, 0.25) is 5.91 Å². The van der Waals surface area contributed by atoms with E-state index in [2.05, 4.69) is 15.6 Å². The second-order valence-electron chi connectivity index (χ2n) is 4.03. The lowest BCUT2D eigenvalue weighted by atomic mass is 10.2. The zero-order chi connectivity index (χ0) is 12.5. The number of hydrogen-bond acceptors (Lipinski definition) is 3. The number of amides is 1. The Kier molecular flexibility index (Phi) is 6.25. The van der Waals surface area contributed by atoms with Gasteiger partial charge >= 0.3 is 0 Å². The topological polar surface area (TPSA) is 54.0 Å². The van der Waals surface area contributed by atoms with E-state index in [-0.39, 0.29) is 11.9 Å². The maximum Gasteiger partial charge on any atom is 0.221 e. The van der Waals surface area contributed by atoms with Gasteiger partial charge in [0.15, 0.2) is 0 Å². The molecular formula is C13H21N3O. The predicted molar refractivity (Wildman–Crippen MR) is 68.6 cm³/mol. The molecule has 4 nitrogen and oxygen atoms in total. The third-order valence-corrected chi connectivity index (χ3v) is 2.51. The van der Waals surface area contributed by atoms with E-state index in [1.54, 1.807) is 6.20 Å². The van der Waals surface area contributed by atoms with Crippen molar-refractivity contribution < 1.29 is 4.79 Å². The lowest BCUT2D eigenvalue weighted by Gasteiger charge is -2.12. The van der Waals surface area contributed by atoms with Crippen molar-refractivity contribution in [2.24, 2.45) is 0 Å². The lowest BCUT2D eigenvalue weighted by Crippen LogP contribution is -2.29. The zero-order valence-electron chi connectivity index (χ0n) is 10.6. The molecule has 1 aromatic heterocycles. The number of carbonyl (C=O) groups is 1. The van der Waals surface area contributed by atoms with E-state index in [1.807, 2.05) is 32.0 Å². The van der Waals surface area contributed by atoms with Gasteiger partial charge in [-0.15, -0.1) is 0 Å². The quantitative estimate of drug-likeness (QED) is 0.755. The van der Waals surface area contributed by atoms with Crippen LogP contribution in [0.1, 0.15) is 38.4 Å². The minimum absolute atomic E-state index is 0.104. The molecule has 0 radical (unpaired) electrons. The summed E-state index contributed by atoms with van der Waals surface area (Å²) in [6.45, 7) is 5.52. The number of nitrogens with zero attached hydrogens (tertiary/aromatic N) is 1. The maximum atomic E-state index is 11.4. The first kappa shape index (κ1) is 13.6. The van der Waals surface area contributed by atoms with Crippen molar-refractivity contribution >= 4 is 5.91 Å². The van der Waals surface area contributed by atoms with Crippen LogP contribution in [0.25, 0.3) is 0 Å². The molecule has 94 valence electrons. The van der Waals surface area contributed by atoms with Crippen molar-refractivity contribution in [3.05, 3.63) is 30.1 Å². The highest BCUT2D eigenvalue weighted by atomic mass is 16.1. The van der Waals surface area contributed by atoms with Crippen molar-refractivity contribution in [2.75, 3.05) is 13.1 Å². The van der Waals surface area contributed by atoms with Crippen LogP contribution >= 0.6 is 0 Å². The fourth-order valence-electron chi connectivity index (χ4n) is 1.49. The fourth-order valence-corrected chi connectivity index (χ4v) is 1.49. The van der Waals surface area contributed by atoms with Gasteiger partial charge in [-0.2, -0.15) is 0 Å². The Bertz CT molecular complexity index is 327. The molecule has 1 heterocycles. The van der Waals surface area contributed by atoms with E-state index in [0.29, 0.717) is 13.0 Å². The van der Waals surface area contributed by atoms with Gasteiger partial charge in [-0.25, -0.2) is 0 Å². The van der Waals surface area contributed by atoms with E-state index in [9.17, 15) is 4.79 Å². The highest BCUT2D eigenvalue weighted by Crippen LogP contribution is 2.07. The molecule has 0 aromatic carbocycles. The van der Waals surface area contributed by atoms with E-state index in [1.165, 1.54) is 0 Å². The smallest absolute Gasteiger partial charge is 0.221 e. The third-order valence-electron chi connectivity index (χ3n) is 2.51. The van der Waals surface area contributed by atoms with Gasteiger partial charge in [0, 0.05) is 31.7 Å². The van der Waals surface area contributed by atoms with Gasteiger partial charge in [0.05, 0.1) is 5.69 Å². The molecule has 0 spiro atoms. The molecule has 1 amide bonds. The molecule has 0 saturated heterocycles. The first-order chi connectivity index (χ1) is 8.24. The highest BCUT2D eigenvalue weighted by Gasteiger charge is 2.06. The van der Waals surface area contributed by atoms with Crippen LogP contribution in [0.15, 0.2) is 24.4 Å². The Hall–Kier alpha value is -1.42. The molecular weight excluding hydrogens is 214 g/mol. The third kappa shape index (κ3) is 5.45. The Morgan fingerprint density at radius 3 is 2.88 bits per heavy atom. The van der Waals surface area contributed by atoms with E-state index < -0.39 is 0 Å². The maximum absolute atomic E-state index is 11.4. The number of aromatic nitrogens is 1. The number of pyridine rings is 1. The van der Waals surface area contributed by atoms with Crippen LogP contribution in [0.2, 0.25) is 0 Å². The van der Waals surface area contributed by atoms with Crippen molar-refractivity contribution in [1.29, 1.82) is 0 Å². The number of nitrogens with one attached hydrogen (secondary N) is 2. The molecule has 4 heteroatoms. The lowest BCUT2D eigenvalue weighted by molar-refractivity contribution is -0.121. The molecule has 2 N–H and O–H groups in total. The first-order valence-electron chi connectivity index (χ1n) is 6.15. The van der Waals surface area contributed by atoms with E-state index >= 15 is 0 Å². The van der Waals surface area contributed by atoms with Gasteiger partial charge < -0.3 is 10.6 Å². The number of rotatable bonds is 7. The summed E-state index contributed by atoms with van der Waals surface area (Å²) in [5.74, 6) is 0.104. The van der Waals surface area contributed by atoms with Gasteiger partial charge in [0.1, 0.15) is 0 Å². The van der Waals surface area contributed by atoms with Gasteiger partial charge in [-0.05, 0) is 25.5 Å². The summed E-state index contributed by atoms with van der Waals surface area (Å²) in [7, 11) is 0. The normalized spacial score (nSPS) is 12.1. The van der Waals surface area contributed by atoms with Crippen molar-refractivity contribution in [2.45, 2.75) is 32.7 Å². The minimum atomic E-state index is 0.104. The minimum Gasteiger partial charge on any atom is -0.356 e. The molecule has 1 atom stereocenters. The summed E-state index contributed by atoms with van der Waals surface area (Å²) in [5.41, 5.74) is 1.00. The molecule has 0 fully saturated rings. The summed E-state index contributed by atoms with van der Waals surface area (Å²) in [5, 5.41) is 6.13. The predicted octanol–water partition coefficient (Wildman–Crippen LogP) is 1.65. The van der Waals surface area contributed by atoms with Crippen LogP contribution in [0.5, 0.6) is 0 Å². The Morgan fingerprint density at radius 2 is 2.24 bits per heavy atom. The second-order valence-corrected chi connectivity index (χ2v) is 4.03. The van der Waals surface area contributed by atoms with Crippen LogP contribution in [-0.2, 0) is 4.79 Å². The summed E-state index contributed by atoms with van der Waals surface area (Å²) in [4.78, 5) is 15.6. The van der Waals surface area contributed by atoms with Crippen LogP contribution in [0.4, 0.5) is 0 Å². The fraction of sp³-hybridized carbons (Fsp3) is 0.538. The van der Waals surface area contributed by atoms with Gasteiger partial charge in [0.25, 0.3) is 0 Å². The van der Waals surface area contributed by atoms with Crippen molar-refractivity contribution in [1.82, 2.24) is 15.6 Å². The highest BCUT2D eigenvalue weighted by molar-refractivity contribution is 5.75. The van der Waals surface area contributed by atoms with Crippen LogP contribution in [-0.4, -0.2) is 24.0 Å². The molecule has 0 aliphatic rings. The standard InChI is InChI=1S/C13H21N3O/c1-3-8-16-13(17)7-10-14-11(2)12-6-4-5-9-15-12/h4-6,9,11,14H,3,7-8,10H2,1-2H3,(H,16,17). The Morgan fingerprint density at radius 1 is 1.41 bits per heavy atom. The summed E-state index contributed by atoms with van der Waals surface area (Å²) in [6, 6.07) is 6.02. The van der Waals surface area contributed by atoms with Crippen molar-refractivity contribution in [3.63, 3.8) is 0 Å². The zero-order valence-corrected chi connectivity index (χ0v) is 10.6. The summed E-state index contributed by atoms with van der Waals surface area (Å²) >= 11 is 0. The molecule has 0 saturated carbocycles. The summed E-state index contributed by atoms with van der Waals surface area (Å²) < 4.78 is 0. The molecule has 0 bridgehead atoms. The molecule has 1 unspecified atom stereocenters. The van der Waals surface area contributed by atoms with Crippen LogP contribution < -0.4 is 10.6 Å². The molecule has 17 heavy (non-hydrogen) atoms. The monoisotopic (exact) mass is 235 g/mol. The average Bonchev–Trinajstić information content (AvgIpc) is 2.37. The largest absolute Gasteiger partial charge is 0.356 e. The summed E-state index contributed by atoms with van der Waals surface area (Å²) in [6.07, 6.45) is 3.27. The van der Waals surface area contributed by atoms with Crippen LogP contribution in [0.3, 0.4) is 0 Å². The Labute approximate surface area is 103 Å². The van der Waals surface area contributed by atoms with E-state index in [4.69, 9.17) is 0 Å². The first-order valence-corrected chi connectivity index (χ1v) is 6.15. The second kappa shape index (κ2) is 7.79. The SMILES string of the molecule is CCCNC(=O)CCNC(C)c1ccccn1. The van der Waals surface area contributed by atoms with E-state index in [0.717, 1.165) is 18.7 Å². The average molecular weight is 235 g/mol. The van der Waals surface area contributed by atoms with Gasteiger partial charge in [-0.1, -0.05) is 13.0 Å². The molecule has 1 aromatic rings. The van der Waals surface area contributed by atoms with Crippen molar-refractivity contribution in [3.8, 4) is 0 Å². The Balaban J connectivity index is 2.20.